The third kappa shape index (κ3) is 4.39. The summed E-state index contributed by atoms with van der Waals surface area (Å²) in [4.78, 5) is 12.7. The van der Waals surface area contributed by atoms with Crippen LogP contribution in [0.15, 0.2) is 84.9 Å². The normalized spacial score (nSPS) is 15.5. The zero-order valence-corrected chi connectivity index (χ0v) is 16.4. The standard InChI is InChI=1S/C24H23NO2S/c26-23(25-21-15-16-27-22-14-8-7-13-20(21)22)17-28-24(18-9-3-1-4-10-18)19-11-5-2-6-12-19/h1-14,21,24H,15-17H2,(H,25,26)/t21-/m1/s1. The van der Waals surface area contributed by atoms with Gasteiger partial charge in [0.05, 0.1) is 23.7 Å². The molecule has 1 aliphatic rings. The average molecular weight is 390 g/mol. The molecule has 0 unspecified atom stereocenters. The number of hydrogen-bond acceptors (Lipinski definition) is 3. The third-order valence-electron chi connectivity index (χ3n) is 4.88. The van der Waals surface area contributed by atoms with Crippen molar-refractivity contribution in [1.29, 1.82) is 0 Å². The Morgan fingerprint density at radius 2 is 1.54 bits per heavy atom. The van der Waals surface area contributed by atoms with Crippen LogP contribution in [0.3, 0.4) is 0 Å². The number of amides is 1. The van der Waals surface area contributed by atoms with E-state index in [0.717, 1.165) is 17.7 Å². The topological polar surface area (TPSA) is 38.3 Å². The van der Waals surface area contributed by atoms with Gasteiger partial charge in [-0.15, -0.1) is 11.8 Å². The van der Waals surface area contributed by atoms with Crippen LogP contribution in [-0.2, 0) is 4.79 Å². The van der Waals surface area contributed by atoms with Crippen molar-refractivity contribution in [2.45, 2.75) is 17.7 Å². The molecule has 4 rings (SSSR count). The molecule has 0 bridgehead atoms. The van der Waals surface area contributed by atoms with Gasteiger partial charge in [-0.3, -0.25) is 4.79 Å². The lowest BCUT2D eigenvalue weighted by Crippen LogP contribution is -2.33. The highest BCUT2D eigenvalue weighted by Gasteiger charge is 2.23. The number of nitrogens with one attached hydrogen (secondary N) is 1. The smallest absolute Gasteiger partial charge is 0.230 e. The fourth-order valence-electron chi connectivity index (χ4n) is 3.53. The van der Waals surface area contributed by atoms with Crippen molar-refractivity contribution in [3.8, 4) is 5.75 Å². The lowest BCUT2D eigenvalue weighted by atomic mass is 10.0. The van der Waals surface area contributed by atoms with E-state index in [1.54, 1.807) is 11.8 Å². The van der Waals surface area contributed by atoms with Crippen molar-refractivity contribution >= 4 is 17.7 Å². The number of thioether (sulfide) groups is 1. The van der Waals surface area contributed by atoms with Crippen LogP contribution in [-0.4, -0.2) is 18.3 Å². The first kappa shape index (κ1) is 18.6. The van der Waals surface area contributed by atoms with Crippen molar-refractivity contribution in [1.82, 2.24) is 5.32 Å². The van der Waals surface area contributed by atoms with Gasteiger partial charge in [-0.05, 0) is 17.2 Å². The highest BCUT2D eigenvalue weighted by Crippen LogP contribution is 2.36. The second-order valence-electron chi connectivity index (χ2n) is 6.81. The van der Waals surface area contributed by atoms with E-state index in [1.165, 1.54) is 11.1 Å². The summed E-state index contributed by atoms with van der Waals surface area (Å²) in [6.45, 7) is 0.631. The molecule has 4 heteroatoms. The summed E-state index contributed by atoms with van der Waals surface area (Å²) in [5.74, 6) is 1.34. The van der Waals surface area contributed by atoms with E-state index in [0.29, 0.717) is 12.4 Å². The van der Waals surface area contributed by atoms with Crippen LogP contribution in [0.5, 0.6) is 5.75 Å². The number of para-hydroxylation sites is 1. The van der Waals surface area contributed by atoms with Crippen molar-refractivity contribution in [2.24, 2.45) is 0 Å². The van der Waals surface area contributed by atoms with Gasteiger partial charge in [-0.25, -0.2) is 0 Å². The largest absolute Gasteiger partial charge is 0.493 e. The van der Waals surface area contributed by atoms with E-state index < -0.39 is 0 Å². The molecule has 3 aromatic carbocycles. The lowest BCUT2D eigenvalue weighted by molar-refractivity contribution is -0.119. The Bertz CT molecular complexity index is 875. The van der Waals surface area contributed by atoms with Gasteiger partial charge in [0.15, 0.2) is 0 Å². The molecule has 0 aliphatic carbocycles. The molecule has 3 nitrogen and oxygen atoms in total. The lowest BCUT2D eigenvalue weighted by Gasteiger charge is -2.27. The number of fused-ring (bicyclic) bond motifs is 1. The van der Waals surface area contributed by atoms with Gasteiger partial charge in [0.25, 0.3) is 0 Å². The molecule has 1 amide bonds. The van der Waals surface area contributed by atoms with Gasteiger partial charge in [0.1, 0.15) is 5.75 Å². The maximum Gasteiger partial charge on any atom is 0.230 e. The Balaban J connectivity index is 1.44. The highest BCUT2D eigenvalue weighted by molar-refractivity contribution is 8.00. The van der Waals surface area contributed by atoms with E-state index >= 15 is 0 Å². The van der Waals surface area contributed by atoms with Gasteiger partial charge in [-0.1, -0.05) is 78.9 Å². The number of ether oxygens (including phenoxy) is 1. The maximum absolute atomic E-state index is 12.7. The van der Waals surface area contributed by atoms with E-state index in [1.807, 2.05) is 60.7 Å². The SMILES string of the molecule is O=C(CSC(c1ccccc1)c1ccccc1)N[C@@H]1CCOc2ccccc21. The molecule has 1 N–H and O–H groups in total. The van der Waals surface area contributed by atoms with Crippen LogP contribution < -0.4 is 10.1 Å². The van der Waals surface area contributed by atoms with Gasteiger partial charge in [0, 0.05) is 12.0 Å². The summed E-state index contributed by atoms with van der Waals surface area (Å²) in [5, 5.41) is 3.33. The Morgan fingerprint density at radius 1 is 0.929 bits per heavy atom. The summed E-state index contributed by atoms with van der Waals surface area (Å²) in [6, 6.07) is 28.7. The molecule has 0 aromatic heterocycles. The van der Waals surface area contributed by atoms with Crippen molar-refractivity contribution in [2.75, 3.05) is 12.4 Å². The van der Waals surface area contributed by atoms with Gasteiger partial charge >= 0.3 is 0 Å². The zero-order valence-electron chi connectivity index (χ0n) is 15.6. The monoisotopic (exact) mass is 389 g/mol. The molecular formula is C24H23NO2S. The van der Waals surface area contributed by atoms with Crippen molar-refractivity contribution in [3.63, 3.8) is 0 Å². The molecule has 1 atom stereocenters. The summed E-state index contributed by atoms with van der Waals surface area (Å²) >= 11 is 1.66. The molecule has 3 aromatic rings. The molecular weight excluding hydrogens is 366 g/mol. The minimum atomic E-state index is 0.0185. The third-order valence-corrected chi connectivity index (χ3v) is 6.19. The average Bonchev–Trinajstić information content (AvgIpc) is 2.76. The maximum atomic E-state index is 12.7. The second-order valence-corrected chi connectivity index (χ2v) is 7.90. The van der Waals surface area contributed by atoms with E-state index in [9.17, 15) is 4.79 Å². The quantitative estimate of drug-likeness (QED) is 0.634. The fraction of sp³-hybridized carbons (Fsp3) is 0.208. The first-order valence-corrected chi connectivity index (χ1v) is 10.6. The Labute approximate surface area is 170 Å². The number of hydrogen-bond donors (Lipinski definition) is 1. The Morgan fingerprint density at radius 3 is 2.21 bits per heavy atom. The van der Waals surface area contributed by atoms with E-state index in [2.05, 4.69) is 29.6 Å². The van der Waals surface area contributed by atoms with E-state index in [-0.39, 0.29) is 17.2 Å². The van der Waals surface area contributed by atoms with Crippen molar-refractivity contribution in [3.05, 3.63) is 102 Å². The molecule has 28 heavy (non-hydrogen) atoms. The zero-order chi connectivity index (χ0) is 19.2. The molecule has 142 valence electrons. The number of rotatable bonds is 6. The predicted molar refractivity (Wildman–Crippen MR) is 115 cm³/mol. The summed E-state index contributed by atoms with van der Waals surface area (Å²) in [7, 11) is 0. The molecule has 1 aliphatic heterocycles. The number of benzene rings is 3. The summed E-state index contributed by atoms with van der Waals surface area (Å²) < 4.78 is 5.69. The van der Waals surface area contributed by atoms with E-state index in [4.69, 9.17) is 4.74 Å². The molecule has 0 fully saturated rings. The van der Waals surface area contributed by atoms with Crippen LogP contribution in [0.25, 0.3) is 0 Å². The molecule has 0 radical (unpaired) electrons. The Kier molecular flexibility index (Phi) is 5.98. The molecule has 0 saturated carbocycles. The molecule has 0 saturated heterocycles. The van der Waals surface area contributed by atoms with Crippen LogP contribution in [0.4, 0.5) is 0 Å². The first-order chi connectivity index (χ1) is 13.8. The van der Waals surface area contributed by atoms with Crippen LogP contribution in [0.2, 0.25) is 0 Å². The summed E-state index contributed by atoms with van der Waals surface area (Å²) in [5.41, 5.74) is 3.49. The van der Waals surface area contributed by atoms with Gasteiger partial charge < -0.3 is 10.1 Å². The van der Waals surface area contributed by atoms with Crippen LogP contribution in [0, 0.1) is 0 Å². The van der Waals surface area contributed by atoms with Crippen molar-refractivity contribution < 1.29 is 9.53 Å². The minimum absolute atomic E-state index is 0.0185. The first-order valence-electron chi connectivity index (χ1n) is 9.54. The highest BCUT2D eigenvalue weighted by atomic mass is 32.2. The van der Waals surface area contributed by atoms with Gasteiger partial charge in [-0.2, -0.15) is 0 Å². The van der Waals surface area contributed by atoms with Crippen LogP contribution in [0.1, 0.15) is 34.4 Å². The van der Waals surface area contributed by atoms with Gasteiger partial charge in [0.2, 0.25) is 5.91 Å². The summed E-state index contributed by atoms with van der Waals surface area (Å²) in [6.07, 6.45) is 0.800. The number of carbonyl (C=O) groups excluding carboxylic acids is 1. The molecule has 0 spiro atoms. The number of carbonyl (C=O) groups is 1. The second kappa shape index (κ2) is 8.98. The molecule has 1 heterocycles. The predicted octanol–water partition coefficient (Wildman–Crippen LogP) is 5.15. The minimum Gasteiger partial charge on any atom is -0.493 e. The fourth-order valence-corrected chi connectivity index (χ4v) is 4.63. The Hall–Kier alpha value is -2.72. The van der Waals surface area contributed by atoms with Crippen LogP contribution >= 0.6 is 11.8 Å².